The van der Waals surface area contributed by atoms with Gasteiger partial charge in [-0.2, -0.15) is 0 Å². The molecule has 0 rings (SSSR count). The van der Waals surface area contributed by atoms with Crippen LogP contribution in [0.2, 0.25) is 0 Å². The van der Waals surface area contributed by atoms with Gasteiger partial charge in [-0.25, -0.2) is 4.79 Å². The molecule has 0 unspecified atom stereocenters. The molecule has 2 atom stereocenters. The summed E-state index contributed by atoms with van der Waals surface area (Å²) >= 11 is 0. The van der Waals surface area contributed by atoms with E-state index in [0.29, 0.717) is 12.8 Å². The number of hydrogen-bond acceptors (Lipinski definition) is 3. The Morgan fingerprint density at radius 2 is 1.36 bits per heavy atom. The fourth-order valence-electron chi connectivity index (χ4n) is 3.15. The molecule has 0 aromatic rings. The third-order valence-corrected chi connectivity index (χ3v) is 4.84. The number of hydrogen-bond donors (Lipinski definition) is 3. The van der Waals surface area contributed by atoms with Crippen LogP contribution in [-0.4, -0.2) is 35.0 Å². The summed E-state index contributed by atoms with van der Waals surface area (Å²) in [7, 11) is 0. The highest BCUT2D eigenvalue weighted by atomic mass is 16.4. The molecule has 3 N–H and O–H groups in total. The molecule has 0 saturated carbocycles. The van der Waals surface area contributed by atoms with Crippen molar-refractivity contribution in [3.63, 3.8) is 0 Å². The first-order chi connectivity index (χ1) is 13.2. The zero-order valence-electron chi connectivity index (χ0n) is 18.6. The van der Waals surface area contributed by atoms with Crippen molar-refractivity contribution >= 4 is 17.8 Å². The Morgan fingerprint density at radius 1 is 0.821 bits per heavy atom. The molecule has 164 valence electrons. The molecule has 0 spiro atoms. The van der Waals surface area contributed by atoms with Gasteiger partial charge in [0.15, 0.2) is 0 Å². The minimum Gasteiger partial charge on any atom is -0.480 e. The lowest BCUT2D eigenvalue weighted by atomic mass is 10.00. The monoisotopic (exact) mass is 398 g/mol. The van der Waals surface area contributed by atoms with E-state index in [9.17, 15) is 19.5 Å². The third-order valence-electron chi connectivity index (χ3n) is 4.84. The smallest absolute Gasteiger partial charge is 0.326 e. The van der Waals surface area contributed by atoms with E-state index in [1.165, 1.54) is 32.1 Å². The van der Waals surface area contributed by atoms with Gasteiger partial charge in [-0.3, -0.25) is 9.59 Å². The van der Waals surface area contributed by atoms with Crippen LogP contribution in [0.3, 0.4) is 0 Å². The van der Waals surface area contributed by atoms with Gasteiger partial charge in [0, 0.05) is 6.42 Å². The van der Waals surface area contributed by atoms with Crippen molar-refractivity contribution in [1.82, 2.24) is 10.6 Å². The van der Waals surface area contributed by atoms with Gasteiger partial charge < -0.3 is 15.7 Å². The van der Waals surface area contributed by atoms with Gasteiger partial charge in [0.2, 0.25) is 11.8 Å². The van der Waals surface area contributed by atoms with E-state index in [4.69, 9.17) is 0 Å². The summed E-state index contributed by atoms with van der Waals surface area (Å²) in [4.78, 5) is 36.1. The van der Waals surface area contributed by atoms with Crippen molar-refractivity contribution in [2.75, 3.05) is 0 Å². The maximum absolute atomic E-state index is 12.5. The SMILES string of the molecule is CCCCCCCCCCC(=O)N[C@H](C(=O)N[C@@H](CC(C)C)C(=O)O)C(C)C. The number of unbranched alkanes of at least 4 members (excludes halogenated alkanes) is 7. The Balaban J connectivity index is 4.35. The molecule has 0 aromatic heterocycles. The van der Waals surface area contributed by atoms with Crippen LogP contribution < -0.4 is 10.6 Å². The molecule has 0 bridgehead atoms. The average molecular weight is 399 g/mol. The van der Waals surface area contributed by atoms with Crippen LogP contribution in [0.15, 0.2) is 0 Å². The van der Waals surface area contributed by atoms with E-state index in [2.05, 4.69) is 17.6 Å². The Bertz CT molecular complexity index is 463. The number of carbonyl (C=O) groups is 3. The van der Waals surface area contributed by atoms with Gasteiger partial charge in [0.25, 0.3) is 0 Å². The van der Waals surface area contributed by atoms with Gasteiger partial charge in [-0.15, -0.1) is 0 Å². The van der Waals surface area contributed by atoms with Gasteiger partial charge in [0.1, 0.15) is 12.1 Å². The van der Waals surface area contributed by atoms with Crippen LogP contribution in [0, 0.1) is 11.8 Å². The first-order valence-electron chi connectivity index (χ1n) is 11.0. The lowest BCUT2D eigenvalue weighted by Crippen LogP contribution is -2.53. The summed E-state index contributed by atoms with van der Waals surface area (Å²) < 4.78 is 0. The van der Waals surface area contributed by atoms with E-state index < -0.39 is 24.0 Å². The molecule has 0 aliphatic rings. The zero-order chi connectivity index (χ0) is 21.5. The van der Waals surface area contributed by atoms with E-state index in [-0.39, 0.29) is 17.7 Å². The van der Waals surface area contributed by atoms with Gasteiger partial charge in [-0.05, 0) is 24.7 Å². The normalized spacial score (nSPS) is 13.4. The number of nitrogens with one attached hydrogen (secondary N) is 2. The molecule has 0 heterocycles. The Morgan fingerprint density at radius 3 is 1.82 bits per heavy atom. The molecule has 0 aromatic carbocycles. The lowest BCUT2D eigenvalue weighted by molar-refractivity contribution is -0.143. The first-order valence-corrected chi connectivity index (χ1v) is 11.0. The minimum absolute atomic E-state index is 0.115. The van der Waals surface area contributed by atoms with Crippen LogP contribution in [0.4, 0.5) is 0 Å². The van der Waals surface area contributed by atoms with Crippen molar-refractivity contribution in [2.45, 2.75) is 111 Å². The predicted octanol–water partition coefficient (Wildman–Crippen LogP) is 4.27. The second-order valence-corrected chi connectivity index (χ2v) is 8.54. The summed E-state index contributed by atoms with van der Waals surface area (Å²) in [5.41, 5.74) is 0. The summed E-state index contributed by atoms with van der Waals surface area (Å²) in [6.45, 7) is 9.72. The van der Waals surface area contributed by atoms with E-state index >= 15 is 0 Å². The fourth-order valence-corrected chi connectivity index (χ4v) is 3.15. The Kier molecular flexibility index (Phi) is 14.5. The molecule has 0 aliphatic carbocycles. The largest absolute Gasteiger partial charge is 0.480 e. The number of amides is 2. The standard InChI is InChI=1S/C22H42N2O4/c1-6-7-8-9-10-11-12-13-14-19(25)24-20(17(4)5)21(26)23-18(22(27)28)15-16(2)3/h16-18,20H,6-15H2,1-5H3,(H,23,26)(H,24,25)(H,27,28)/t18-,20-/m0/s1. The highest BCUT2D eigenvalue weighted by Gasteiger charge is 2.28. The molecule has 0 fully saturated rings. The number of carboxylic acids is 1. The predicted molar refractivity (Wildman–Crippen MR) is 113 cm³/mol. The van der Waals surface area contributed by atoms with Crippen molar-refractivity contribution in [3.8, 4) is 0 Å². The second kappa shape index (κ2) is 15.3. The van der Waals surface area contributed by atoms with Crippen molar-refractivity contribution < 1.29 is 19.5 Å². The molecular formula is C22H42N2O4. The number of carboxylic acid groups (broad SMARTS) is 1. The molecule has 0 radical (unpaired) electrons. The molecule has 6 nitrogen and oxygen atoms in total. The molecule has 0 aliphatic heterocycles. The molecule has 28 heavy (non-hydrogen) atoms. The van der Waals surface area contributed by atoms with Crippen LogP contribution in [0.1, 0.15) is 98.8 Å². The topological polar surface area (TPSA) is 95.5 Å². The van der Waals surface area contributed by atoms with Crippen LogP contribution in [0.5, 0.6) is 0 Å². The summed E-state index contributed by atoms with van der Waals surface area (Å²) in [6, 6.07) is -1.64. The highest BCUT2D eigenvalue weighted by Crippen LogP contribution is 2.11. The minimum atomic E-state index is -1.05. The first kappa shape index (κ1) is 26.4. The summed E-state index contributed by atoms with van der Waals surface area (Å²) in [6.07, 6.45) is 10.0. The van der Waals surface area contributed by atoms with Gasteiger partial charge >= 0.3 is 5.97 Å². The third kappa shape index (κ3) is 12.7. The van der Waals surface area contributed by atoms with E-state index in [0.717, 1.165) is 19.3 Å². The highest BCUT2D eigenvalue weighted by molar-refractivity contribution is 5.90. The van der Waals surface area contributed by atoms with E-state index in [1.807, 2.05) is 27.7 Å². The molecule has 6 heteroatoms. The second-order valence-electron chi connectivity index (χ2n) is 8.54. The molecule has 0 saturated heterocycles. The lowest BCUT2D eigenvalue weighted by Gasteiger charge is -2.24. The molecular weight excluding hydrogens is 356 g/mol. The number of aliphatic carboxylic acids is 1. The Labute approximate surface area is 171 Å². The van der Waals surface area contributed by atoms with Crippen molar-refractivity contribution in [1.29, 1.82) is 0 Å². The van der Waals surface area contributed by atoms with Gasteiger partial charge in [-0.1, -0.05) is 79.6 Å². The number of carbonyl (C=O) groups excluding carboxylic acids is 2. The average Bonchev–Trinajstić information content (AvgIpc) is 2.60. The summed E-state index contributed by atoms with van der Waals surface area (Å²) in [5.74, 6) is -1.58. The van der Waals surface area contributed by atoms with Crippen LogP contribution in [-0.2, 0) is 14.4 Å². The van der Waals surface area contributed by atoms with Gasteiger partial charge in [0.05, 0.1) is 0 Å². The Hall–Kier alpha value is -1.59. The number of rotatable bonds is 16. The van der Waals surface area contributed by atoms with Crippen LogP contribution in [0.25, 0.3) is 0 Å². The maximum Gasteiger partial charge on any atom is 0.326 e. The van der Waals surface area contributed by atoms with Crippen LogP contribution >= 0.6 is 0 Å². The zero-order valence-corrected chi connectivity index (χ0v) is 18.6. The van der Waals surface area contributed by atoms with Crippen molar-refractivity contribution in [2.24, 2.45) is 11.8 Å². The molecule has 2 amide bonds. The quantitative estimate of drug-likeness (QED) is 0.338. The maximum atomic E-state index is 12.5. The van der Waals surface area contributed by atoms with E-state index in [1.54, 1.807) is 0 Å². The van der Waals surface area contributed by atoms with Crippen molar-refractivity contribution in [3.05, 3.63) is 0 Å². The fraction of sp³-hybridized carbons (Fsp3) is 0.864. The summed E-state index contributed by atoms with van der Waals surface area (Å²) in [5, 5.41) is 14.7.